The first-order chi connectivity index (χ1) is 9.70. The molecule has 1 heterocycles. The second-order valence-electron chi connectivity index (χ2n) is 4.40. The van der Waals surface area contributed by atoms with Gasteiger partial charge in [-0.05, 0) is 52.4 Å². The first-order valence-corrected chi connectivity index (χ1v) is 7.56. The zero-order valence-electron chi connectivity index (χ0n) is 10.5. The number of benzene rings is 2. The Bertz CT molecular complexity index is 705. The van der Waals surface area contributed by atoms with Crippen LogP contribution >= 0.6 is 34.2 Å². The molecule has 3 aromatic rings. The molecule has 20 heavy (non-hydrogen) atoms. The second kappa shape index (κ2) is 5.93. The molecule has 0 saturated heterocycles. The van der Waals surface area contributed by atoms with Crippen LogP contribution in [0, 0.1) is 3.57 Å². The Labute approximate surface area is 135 Å². The molecule has 0 spiro atoms. The Morgan fingerprint density at radius 2 is 1.70 bits per heavy atom. The van der Waals surface area contributed by atoms with Crippen LogP contribution in [-0.2, 0) is 6.54 Å². The minimum atomic E-state index is 0.689. The van der Waals surface area contributed by atoms with Crippen molar-refractivity contribution in [2.45, 2.75) is 6.54 Å². The van der Waals surface area contributed by atoms with E-state index < -0.39 is 0 Å². The first kappa shape index (κ1) is 13.6. The standard InChI is InChI=1S/C15H11ClIN3/c16-13-5-1-11(2-6-13)9-20-10-18-15(19-20)12-3-7-14(17)8-4-12/h1-8,10H,9H2. The van der Waals surface area contributed by atoms with Crippen LogP contribution in [0.4, 0.5) is 0 Å². The highest BCUT2D eigenvalue weighted by atomic mass is 127. The van der Waals surface area contributed by atoms with Gasteiger partial charge in [0.1, 0.15) is 6.33 Å². The normalized spacial score (nSPS) is 10.7. The molecule has 0 aliphatic heterocycles. The topological polar surface area (TPSA) is 30.7 Å². The summed E-state index contributed by atoms with van der Waals surface area (Å²) in [4.78, 5) is 4.35. The van der Waals surface area contributed by atoms with Gasteiger partial charge in [-0.25, -0.2) is 9.67 Å². The van der Waals surface area contributed by atoms with E-state index in [0.717, 1.165) is 22.0 Å². The van der Waals surface area contributed by atoms with Gasteiger partial charge in [-0.2, -0.15) is 5.10 Å². The summed E-state index contributed by atoms with van der Waals surface area (Å²) in [6, 6.07) is 15.9. The van der Waals surface area contributed by atoms with Crippen LogP contribution in [0.1, 0.15) is 5.56 Å². The Morgan fingerprint density at radius 3 is 2.40 bits per heavy atom. The molecule has 0 fully saturated rings. The molecule has 0 unspecified atom stereocenters. The molecule has 0 radical (unpaired) electrons. The first-order valence-electron chi connectivity index (χ1n) is 6.10. The van der Waals surface area contributed by atoms with E-state index in [2.05, 4.69) is 44.8 Å². The van der Waals surface area contributed by atoms with Gasteiger partial charge in [-0.3, -0.25) is 0 Å². The molecule has 1 aromatic heterocycles. The molecule has 0 amide bonds. The van der Waals surface area contributed by atoms with Crippen molar-refractivity contribution < 1.29 is 0 Å². The van der Waals surface area contributed by atoms with Crippen LogP contribution in [0.2, 0.25) is 5.02 Å². The molecule has 0 aliphatic rings. The van der Waals surface area contributed by atoms with Crippen LogP contribution in [0.25, 0.3) is 11.4 Å². The van der Waals surface area contributed by atoms with Gasteiger partial charge < -0.3 is 0 Å². The quantitative estimate of drug-likeness (QED) is 0.621. The van der Waals surface area contributed by atoms with Gasteiger partial charge in [0.25, 0.3) is 0 Å². The molecule has 0 atom stereocenters. The van der Waals surface area contributed by atoms with Crippen molar-refractivity contribution in [1.29, 1.82) is 0 Å². The van der Waals surface area contributed by atoms with E-state index in [1.807, 2.05) is 41.1 Å². The maximum atomic E-state index is 5.88. The summed E-state index contributed by atoms with van der Waals surface area (Å²) in [7, 11) is 0. The maximum absolute atomic E-state index is 5.88. The third kappa shape index (κ3) is 3.19. The van der Waals surface area contributed by atoms with Crippen molar-refractivity contribution in [1.82, 2.24) is 14.8 Å². The Hall–Kier alpha value is -1.40. The van der Waals surface area contributed by atoms with Gasteiger partial charge in [0.15, 0.2) is 5.82 Å². The lowest BCUT2D eigenvalue weighted by molar-refractivity contribution is 0.687. The number of aromatic nitrogens is 3. The number of halogens is 2. The van der Waals surface area contributed by atoms with E-state index >= 15 is 0 Å². The number of nitrogens with zero attached hydrogens (tertiary/aromatic N) is 3. The summed E-state index contributed by atoms with van der Waals surface area (Å²) < 4.78 is 3.03. The van der Waals surface area contributed by atoms with E-state index in [4.69, 9.17) is 11.6 Å². The number of hydrogen-bond donors (Lipinski definition) is 0. The van der Waals surface area contributed by atoms with Gasteiger partial charge >= 0.3 is 0 Å². The third-order valence-corrected chi connectivity index (χ3v) is 3.87. The fourth-order valence-electron chi connectivity index (χ4n) is 1.88. The van der Waals surface area contributed by atoms with E-state index in [1.54, 1.807) is 6.33 Å². The summed E-state index contributed by atoms with van der Waals surface area (Å²) in [6.45, 7) is 0.689. The lowest BCUT2D eigenvalue weighted by Crippen LogP contribution is -2.00. The van der Waals surface area contributed by atoms with Gasteiger partial charge in [-0.15, -0.1) is 0 Å². The van der Waals surface area contributed by atoms with E-state index in [0.29, 0.717) is 6.54 Å². The van der Waals surface area contributed by atoms with Crippen LogP contribution in [0.3, 0.4) is 0 Å². The minimum absolute atomic E-state index is 0.689. The van der Waals surface area contributed by atoms with Crippen LogP contribution < -0.4 is 0 Å². The third-order valence-electron chi connectivity index (χ3n) is 2.90. The zero-order valence-corrected chi connectivity index (χ0v) is 13.4. The molecular weight excluding hydrogens is 385 g/mol. The molecule has 0 aliphatic carbocycles. The average molecular weight is 396 g/mol. The SMILES string of the molecule is Clc1ccc(Cn2cnc(-c3ccc(I)cc3)n2)cc1. The Kier molecular flexibility index (Phi) is 4.03. The molecule has 3 rings (SSSR count). The molecule has 2 aromatic carbocycles. The van der Waals surface area contributed by atoms with Crippen molar-refractivity contribution in [3.63, 3.8) is 0 Å². The average Bonchev–Trinajstić information content (AvgIpc) is 2.91. The fraction of sp³-hybridized carbons (Fsp3) is 0.0667. The number of hydrogen-bond acceptors (Lipinski definition) is 2. The van der Waals surface area contributed by atoms with Gasteiger partial charge in [0.05, 0.1) is 6.54 Å². The molecule has 0 bridgehead atoms. The molecule has 0 N–H and O–H groups in total. The highest BCUT2D eigenvalue weighted by Crippen LogP contribution is 2.16. The van der Waals surface area contributed by atoms with Crippen LogP contribution in [-0.4, -0.2) is 14.8 Å². The smallest absolute Gasteiger partial charge is 0.181 e. The molecule has 5 heteroatoms. The minimum Gasteiger partial charge on any atom is -0.248 e. The summed E-state index contributed by atoms with van der Waals surface area (Å²) >= 11 is 8.16. The molecule has 100 valence electrons. The maximum Gasteiger partial charge on any atom is 0.181 e. The van der Waals surface area contributed by atoms with Crippen LogP contribution in [0.15, 0.2) is 54.9 Å². The lowest BCUT2D eigenvalue weighted by Gasteiger charge is -2.01. The number of rotatable bonds is 3. The summed E-state index contributed by atoms with van der Waals surface area (Å²) in [6.07, 6.45) is 1.75. The monoisotopic (exact) mass is 395 g/mol. The van der Waals surface area contributed by atoms with E-state index in [1.165, 1.54) is 3.57 Å². The molecule has 3 nitrogen and oxygen atoms in total. The predicted molar refractivity (Wildman–Crippen MR) is 88.7 cm³/mol. The van der Waals surface area contributed by atoms with Gasteiger partial charge in [0, 0.05) is 14.2 Å². The van der Waals surface area contributed by atoms with Crippen LogP contribution in [0.5, 0.6) is 0 Å². The largest absolute Gasteiger partial charge is 0.248 e. The fourth-order valence-corrected chi connectivity index (χ4v) is 2.36. The summed E-state index contributed by atoms with van der Waals surface area (Å²) in [5.74, 6) is 0.746. The highest BCUT2D eigenvalue weighted by Gasteiger charge is 2.04. The molecular formula is C15H11ClIN3. The van der Waals surface area contributed by atoms with Crippen molar-refractivity contribution in [2.24, 2.45) is 0 Å². The van der Waals surface area contributed by atoms with Crippen molar-refractivity contribution >= 4 is 34.2 Å². The van der Waals surface area contributed by atoms with E-state index in [-0.39, 0.29) is 0 Å². The highest BCUT2D eigenvalue weighted by molar-refractivity contribution is 14.1. The summed E-state index contributed by atoms with van der Waals surface area (Å²) in [5.41, 5.74) is 2.17. The Balaban J connectivity index is 1.80. The zero-order chi connectivity index (χ0) is 13.9. The molecule has 0 saturated carbocycles. The van der Waals surface area contributed by atoms with Crippen molar-refractivity contribution in [3.8, 4) is 11.4 Å². The summed E-state index contributed by atoms with van der Waals surface area (Å²) in [5, 5.41) is 5.24. The van der Waals surface area contributed by atoms with Crippen molar-refractivity contribution in [3.05, 3.63) is 69.0 Å². The van der Waals surface area contributed by atoms with Crippen molar-refractivity contribution in [2.75, 3.05) is 0 Å². The predicted octanol–water partition coefficient (Wildman–Crippen LogP) is 4.25. The van der Waals surface area contributed by atoms with Gasteiger partial charge in [0.2, 0.25) is 0 Å². The Morgan fingerprint density at radius 1 is 1.00 bits per heavy atom. The lowest BCUT2D eigenvalue weighted by atomic mass is 10.2. The van der Waals surface area contributed by atoms with Gasteiger partial charge in [-0.1, -0.05) is 35.9 Å². The second-order valence-corrected chi connectivity index (χ2v) is 6.08. The van der Waals surface area contributed by atoms with E-state index in [9.17, 15) is 0 Å².